The fraction of sp³-hybridized carbons (Fsp3) is 0.375. The highest BCUT2D eigenvalue weighted by molar-refractivity contribution is 14.1. The summed E-state index contributed by atoms with van der Waals surface area (Å²) < 4.78 is 1.23. The number of amides is 1. The van der Waals surface area contributed by atoms with Crippen molar-refractivity contribution in [3.63, 3.8) is 0 Å². The Hall–Kier alpha value is -1.48. The Morgan fingerprint density at radius 1 is 1.17 bits per heavy atom. The van der Waals surface area contributed by atoms with Gasteiger partial charge in [-0.2, -0.15) is 15.0 Å². The SMILES string of the molecule is CC(CCc1ccc(I)cc1)Nc1nc(CCCl)nc(NC=O)n1. The smallest absolute Gasteiger partial charge is 0.234 e. The lowest BCUT2D eigenvalue weighted by molar-refractivity contribution is -0.105. The summed E-state index contributed by atoms with van der Waals surface area (Å²) in [7, 11) is 0. The van der Waals surface area contributed by atoms with Crippen LogP contribution < -0.4 is 10.6 Å². The van der Waals surface area contributed by atoms with Gasteiger partial charge in [-0.3, -0.25) is 10.1 Å². The van der Waals surface area contributed by atoms with Crippen LogP contribution in [0.1, 0.15) is 24.7 Å². The number of aryl methyl sites for hydroxylation is 2. The highest BCUT2D eigenvalue weighted by Crippen LogP contribution is 2.12. The molecule has 0 aliphatic rings. The molecule has 0 radical (unpaired) electrons. The fourth-order valence-corrected chi connectivity index (χ4v) is 2.65. The number of alkyl halides is 1. The molecule has 8 heteroatoms. The second kappa shape index (κ2) is 9.73. The van der Waals surface area contributed by atoms with Crippen LogP contribution in [0.5, 0.6) is 0 Å². The van der Waals surface area contributed by atoms with Crippen molar-refractivity contribution in [1.29, 1.82) is 0 Å². The molecular weight excluding hydrogens is 441 g/mol. The molecule has 2 N–H and O–H groups in total. The first-order chi connectivity index (χ1) is 11.6. The van der Waals surface area contributed by atoms with Crippen molar-refractivity contribution >= 4 is 52.5 Å². The summed E-state index contributed by atoms with van der Waals surface area (Å²) >= 11 is 8.04. The van der Waals surface area contributed by atoms with E-state index in [0.29, 0.717) is 30.5 Å². The van der Waals surface area contributed by atoms with Crippen LogP contribution in [-0.2, 0) is 17.6 Å². The molecule has 0 spiro atoms. The second-order valence-corrected chi connectivity index (χ2v) is 6.93. The summed E-state index contributed by atoms with van der Waals surface area (Å²) in [6.45, 7) is 2.07. The average molecular weight is 460 g/mol. The molecule has 6 nitrogen and oxygen atoms in total. The number of hydrogen-bond donors (Lipinski definition) is 2. The molecule has 1 amide bonds. The average Bonchev–Trinajstić information content (AvgIpc) is 2.55. The monoisotopic (exact) mass is 459 g/mol. The molecule has 0 aliphatic heterocycles. The first-order valence-corrected chi connectivity index (χ1v) is 9.24. The third-order valence-corrected chi connectivity index (χ3v) is 4.25. The van der Waals surface area contributed by atoms with Crippen LogP contribution >= 0.6 is 34.2 Å². The van der Waals surface area contributed by atoms with Gasteiger partial charge < -0.3 is 5.32 Å². The number of nitrogens with zero attached hydrogens (tertiary/aromatic N) is 3. The first-order valence-electron chi connectivity index (χ1n) is 7.63. The minimum atomic E-state index is 0.180. The van der Waals surface area contributed by atoms with Crippen molar-refractivity contribution in [3.8, 4) is 0 Å². The molecule has 1 atom stereocenters. The van der Waals surface area contributed by atoms with Gasteiger partial charge in [-0.25, -0.2) is 0 Å². The van der Waals surface area contributed by atoms with Gasteiger partial charge in [0.25, 0.3) is 0 Å². The molecule has 0 saturated carbocycles. The molecular formula is C16H19ClIN5O. The minimum Gasteiger partial charge on any atom is -0.352 e. The Bertz CT molecular complexity index is 668. The van der Waals surface area contributed by atoms with Crippen molar-refractivity contribution < 1.29 is 4.79 Å². The number of benzene rings is 1. The third kappa shape index (κ3) is 6.20. The number of hydrogen-bond acceptors (Lipinski definition) is 5. The van der Waals surface area contributed by atoms with E-state index in [1.807, 2.05) is 0 Å². The topological polar surface area (TPSA) is 79.8 Å². The van der Waals surface area contributed by atoms with Crippen LogP contribution in [0.4, 0.5) is 11.9 Å². The Balaban J connectivity index is 1.97. The highest BCUT2D eigenvalue weighted by Gasteiger charge is 2.09. The number of rotatable bonds is 9. The van der Waals surface area contributed by atoms with E-state index < -0.39 is 0 Å². The molecule has 2 aromatic rings. The first kappa shape index (κ1) is 18.9. The molecule has 0 fully saturated rings. The Morgan fingerprint density at radius 2 is 1.88 bits per heavy atom. The van der Waals surface area contributed by atoms with Crippen LogP contribution in [-0.4, -0.2) is 33.3 Å². The van der Waals surface area contributed by atoms with Gasteiger partial charge in [0, 0.05) is 21.9 Å². The maximum absolute atomic E-state index is 10.6. The fourth-order valence-electron chi connectivity index (χ4n) is 2.12. The number of anilines is 2. The number of halogens is 2. The predicted molar refractivity (Wildman–Crippen MR) is 105 cm³/mol. The molecule has 1 heterocycles. The molecule has 0 bridgehead atoms. The summed E-state index contributed by atoms with van der Waals surface area (Å²) in [4.78, 5) is 23.3. The summed E-state index contributed by atoms with van der Waals surface area (Å²) in [5, 5.41) is 5.71. The van der Waals surface area contributed by atoms with Crippen LogP contribution in [0.3, 0.4) is 0 Å². The zero-order valence-electron chi connectivity index (χ0n) is 13.3. The number of nitrogens with one attached hydrogen (secondary N) is 2. The number of carbonyl (C=O) groups is 1. The molecule has 0 saturated heterocycles. The van der Waals surface area contributed by atoms with Crippen LogP contribution in [0.25, 0.3) is 0 Å². The van der Waals surface area contributed by atoms with E-state index in [9.17, 15) is 4.79 Å². The van der Waals surface area contributed by atoms with E-state index in [1.54, 1.807) is 0 Å². The van der Waals surface area contributed by atoms with Crippen molar-refractivity contribution in [2.24, 2.45) is 0 Å². The standard InChI is InChI=1S/C16H19ClIN5O/c1-11(2-3-12-4-6-13(18)7-5-12)20-16-22-14(8-9-17)21-15(23-16)19-10-24/h4-7,10-11H,2-3,8-9H2,1H3,(H2,19,20,21,22,23,24). The van der Waals surface area contributed by atoms with Crippen molar-refractivity contribution in [3.05, 3.63) is 39.2 Å². The van der Waals surface area contributed by atoms with Crippen LogP contribution in [0.2, 0.25) is 0 Å². The summed E-state index contributed by atoms with van der Waals surface area (Å²) in [6.07, 6.45) is 2.96. The lowest BCUT2D eigenvalue weighted by atomic mass is 10.1. The Morgan fingerprint density at radius 3 is 2.54 bits per heavy atom. The number of aromatic nitrogens is 3. The zero-order chi connectivity index (χ0) is 17.4. The van der Waals surface area contributed by atoms with E-state index in [1.165, 1.54) is 9.13 Å². The van der Waals surface area contributed by atoms with Gasteiger partial charge in [-0.15, -0.1) is 11.6 Å². The molecule has 24 heavy (non-hydrogen) atoms. The van der Waals surface area contributed by atoms with Crippen LogP contribution in [0.15, 0.2) is 24.3 Å². The maximum Gasteiger partial charge on any atom is 0.234 e. The molecule has 2 rings (SSSR count). The van der Waals surface area contributed by atoms with Crippen LogP contribution in [0, 0.1) is 3.57 Å². The molecule has 1 aromatic heterocycles. The molecule has 1 aromatic carbocycles. The molecule has 0 aliphatic carbocycles. The lowest BCUT2D eigenvalue weighted by Gasteiger charge is -2.15. The van der Waals surface area contributed by atoms with Gasteiger partial charge in [0.1, 0.15) is 5.82 Å². The summed E-state index contributed by atoms with van der Waals surface area (Å²) in [5.74, 6) is 1.64. The van der Waals surface area contributed by atoms with E-state index in [0.717, 1.165) is 12.8 Å². The van der Waals surface area contributed by atoms with Gasteiger partial charge in [-0.1, -0.05) is 12.1 Å². The minimum absolute atomic E-state index is 0.180. The van der Waals surface area contributed by atoms with Gasteiger partial charge in [-0.05, 0) is 60.1 Å². The van der Waals surface area contributed by atoms with E-state index >= 15 is 0 Å². The van der Waals surface area contributed by atoms with Gasteiger partial charge in [0.15, 0.2) is 0 Å². The van der Waals surface area contributed by atoms with Gasteiger partial charge in [0.05, 0.1) is 0 Å². The number of carbonyl (C=O) groups excluding carboxylic acids is 1. The lowest BCUT2D eigenvalue weighted by Crippen LogP contribution is -2.19. The van der Waals surface area contributed by atoms with Crippen molar-refractivity contribution in [1.82, 2.24) is 15.0 Å². The van der Waals surface area contributed by atoms with Gasteiger partial charge in [0.2, 0.25) is 18.3 Å². The summed E-state index contributed by atoms with van der Waals surface area (Å²) in [5.41, 5.74) is 1.30. The largest absolute Gasteiger partial charge is 0.352 e. The predicted octanol–water partition coefficient (Wildman–Crippen LogP) is 3.26. The third-order valence-electron chi connectivity index (χ3n) is 3.34. The molecule has 128 valence electrons. The van der Waals surface area contributed by atoms with E-state index in [4.69, 9.17) is 11.6 Å². The highest BCUT2D eigenvalue weighted by atomic mass is 127. The quantitative estimate of drug-likeness (QED) is 0.342. The zero-order valence-corrected chi connectivity index (χ0v) is 16.2. The summed E-state index contributed by atoms with van der Waals surface area (Å²) in [6, 6.07) is 8.68. The van der Waals surface area contributed by atoms with Gasteiger partial charge >= 0.3 is 0 Å². The van der Waals surface area contributed by atoms with Crippen molar-refractivity contribution in [2.45, 2.75) is 32.2 Å². The second-order valence-electron chi connectivity index (χ2n) is 5.31. The Labute approximate surface area is 160 Å². The normalized spacial score (nSPS) is 11.8. The molecule has 1 unspecified atom stereocenters. The Kier molecular flexibility index (Phi) is 7.64. The van der Waals surface area contributed by atoms with Crippen molar-refractivity contribution in [2.75, 3.05) is 16.5 Å². The van der Waals surface area contributed by atoms with E-state index in [-0.39, 0.29) is 12.0 Å². The maximum atomic E-state index is 10.6. The van der Waals surface area contributed by atoms with E-state index in [2.05, 4.69) is 79.4 Å².